The summed E-state index contributed by atoms with van der Waals surface area (Å²) in [5, 5.41) is 0. The highest BCUT2D eigenvalue weighted by Gasteiger charge is 2.07. The average molecular weight is 411 g/mol. The van der Waals surface area contributed by atoms with Crippen LogP contribution < -0.4 is 4.74 Å². The van der Waals surface area contributed by atoms with Crippen LogP contribution in [0, 0.1) is 0 Å². The number of nitrogens with zero attached hydrogens (tertiary/aromatic N) is 1. The quantitative estimate of drug-likeness (QED) is 0.560. The topological polar surface area (TPSA) is 21.6 Å². The van der Waals surface area contributed by atoms with Gasteiger partial charge < -0.3 is 4.74 Å². The van der Waals surface area contributed by atoms with Gasteiger partial charge in [0, 0.05) is 6.21 Å². The Morgan fingerprint density at radius 3 is 2.19 bits per heavy atom. The maximum Gasteiger partial charge on any atom is 0.147 e. The second-order valence-corrected chi connectivity index (χ2v) is 6.23. The second-order valence-electron chi connectivity index (χ2n) is 4.52. The van der Waals surface area contributed by atoms with Crippen molar-refractivity contribution >= 4 is 43.8 Å². The van der Waals surface area contributed by atoms with Crippen molar-refractivity contribution < 1.29 is 4.74 Å². The third-order valence-electron chi connectivity index (χ3n) is 3.02. The second kappa shape index (κ2) is 7.76. The molecule has 0 radical (unpaired) electrons. The van der Waals surface area contributed by atoms with Crippen LogP contribution in [0.1, 0.15) is 25.0 Å². The number of hydrogen-bond acceptors (Lipinski definition) is 2. The third-order valence-corrected chi connectivity index (χ3v) is 4.19. The monoisotopic (exact) mass is 409 g/mol. The zero-order chi connectivity index (χ0) is 15.2. The van der Waals surface area contributed by atoms with Gasteiger partial charge in [-0.2, -0.15) is 0 Å². The lowest BCUT2D eigenvalue weighted by Gasteiger charge is -2.09. The van der Waals surface area contributed by atoms with Crippen LogP contribution in [0.25, 0.3) is 0 Å². The molecule has 0 aliphatic heterocycles. The minimum Gasteiger partial charge on any atom is -0.492 e. The summed E-state index contributed by atoms with van der Waals surface area (Å²) in [6, 6.07) is 12.3. The average Bonchev–Trinajstić information content (AvgIpc) is 2.49. The van der Waals surface area contributed by atoms with Gasteiger partial charge in [-0.05, 0) is 80.6 Å². The highest BCUT2D eigenvalue weighted by molar-refractivity contribution is 9.11. The Morgan fingerprint density at radius 2 is 1.67 bits per heavy atom. The molecule has 0 aliphatic rings. The molecular weight excluding hydrogens is 394 g/mol. The zero-order valence-electron chi connectivity index (χ0n) is 12.1. The van der Waals surface area contributed by atoms with Crippen molar-refractivity contribution in [1.82, 2.24) is 0 Å². The number of halogens is 2. The molecule has 0 N–H and O–H groups in total. The fraction of sp³-hybridized carbons (Fsp3) is 0.235. The van der Waals surface area contributed by atoms with E-state index in [1.807, 2.05) is 37.4 Å². The number of hydrogen-bond donors (Lipinski definition) is 0. The van der Waals surface area contributed by atoms with Crippen LogP contribution in [-0.4, -0.2) is 12.8 Å². The lowest BCUT2D eigenvalue weighted by molar-refractivity contribution is 0.336. The Bertz CT molecular complexity index is 613. The maximum absolute atomic E-state index is 5.57. The Hall–Kier alpha value is -1.13. The number of aliphatic imine (C=N–C) groups is 1. The molecule has 0 atom stereocenters. The minimum atomic E-state index is 0.633. The highest BCUT2D eigenvalue weighted by Crippen LogP contribution is 2.34. The van der Waals surface area contributed by atoms with E-state index in [9.17, 15) is 0 Å². The first-order valence-corrected chi connectivity index (χ1v) is 8.47. The smallest absolute Gasteiger partial charge is 0.147 e. The molecule has 0 saturated heterocycles. The molecule has 4 heteroatoms. The summed E-state index contributed by atoms with van der Waals surface area (Å²) in [7, 11) is 0. The van der Waals surface area contributed by atoms with E-state index in [0.717, 1.165) is 32.4 Å². The maximum atomic E-state index is 5.57. The first kappa shape index (κ1) is 16.2. The van der Waals surface area contributed by atoms with Crippen molar-refractivity contribution in [1.29, 1.82) is 0 Å². The van der Waals surface area contributed by atoms with Gasteiger partial charge in [-0.15, -0.1) is 0 Å². The van der Waals surface area contributed by atoms with E-state index < -0.39 is 0 Å². The van der Waals surface area contributed by atoms with Gasteiger partial charge in [0.25, 0.3) is 0 Å². The fourth-order valence-corrected chi connectivity index (χ4v) is 3.35. The normalized spacial score (nSPS) is 11.0. The van der Waals surface area contributed by atoms with E-state index in [1.165, 1.54) is 5.56 Å². The van der Waals surface area contributed by atoms with Gasteiger partial charge in [0.1, 0.15) is 5.75 Å². The fourth-order valence-electron chi connectivity index (χ4n) is 1.90. The van der Waals surface area contributed by atoms with Crippen LogP contribution in [0.2, 0.25) is 0 Å². The van der Waals surface area contributed by atoms with Crippen molar-refractivity contribution in [2.24, 2.45) is 4.99 Å². The van der Waals surface area contributed by atoms with E-state index in [2.05, 4.69) is 55.9 Å². The van der Waals surface area contributed by atoms with E-state index in [0.29, 0.717) is 6.61 Å². The molecule has 21 heavy (non-hydrogen) atoms. The lowest BCUT2D eigenvalue weighted by atomic mass is 10.1. The molecule has 2 nitrogen and oxygen atoms in total. The Balaban J connectivity index is 2.20. The van der Waals surface area contributed by atoms with Crippen LogP contribution in [-0.2, 0) is 6.42 Å². The molecule has 0 heterocycles. The van der Waals surface area contributed by atoms with Crippen molar-refractivity contribution in [3.63, 3.8) is 0 Å². The summed E-state index contributed by atoms with van der Waals surface area (Å²) in [5.74, 6) is 0.821. The zero-order valence-corrected chi connectivity index (χ0v) is 15.2. The Labute approximate surface area is 142 Å². The summed E-state index contributed by atoms with van der Waals surface area (Å²) >= 11 is 7.05. The van der Waals surface area contributed by atoms with Gasteiger partial charge in [0.2, 0.25) is 0 Å². The van der Waals surface area contributed by atoms with Gasteiger partial charge in [-0.1, -0.05) is 19.1 Å². The predicted octanol–water partition coefficient (Wildman–Crippen LogP) is 5.92. The molecule has 0 unspecified atom stereocenters. The summed E-state index contributed by atoms with van der Waals surface area (Å²) in [4.78, 5) is 4.50. The summed E-state index contributed by atoms with van der Waals surface area (Å²) in [5.41, 5.74) is 3.28. The molecule has 0 saturated carbocycles. The molecular formula is C17H17Br2NO. The van der Waals surface area contributed by atoms with E-state index >= 15 is 0 Å². The molecule has 0 aliphatic carbocycles. The van der Waals surface area contributed by atoms with Crippen molar-refractivity contribution in [3.8, 4) is 5.75 Å². The van der Waals surface area contributed by atoms with Crippen molar-refractivity contribution in [2.75, 3.05) is 6.61 Å². The molecule has 0 bridgehead atoms. The Kier molecular flexibility index (Phi) is 6.00. The van der Waals surface area contributed by atoms with Crippen LogP contribution in [0.5, 0.6) is 5.75 Å². The van der Waals surface area contributed by atoms with E-state index in [4.69, 9.17) is 4.74 Å². The predicted molar refractivity (Wildman–Crippen MR) is 96.1 cm³/mol. The Morgan fingerprint density at radius 1 is 1.05 bits per heavy atom. The molecule has 0 amide bonds. The van der Waals surface area contributed by atoms with Gasteiger partial charge >= 0.3 is 0 Å². The van der Waals surface area contributed by atoms with Crippen LogP contribution >= 0.6 is 31.9 Å². The minimum absolute atomic E-state index is 0.633. The summed E-state index contributed by atoms with van der Waals surface area (Å²) in [6.07, 6.45) is 2.90. The molecule has 0 aromatic heterocycles. The number of aryl methyl sites for hydroxylation is 1. The van der Waals surface area contributed by atoms with Gasteiger partial charge in [-0.25, -0.2) is 0 Å². The third kappa shape index (κ3) is 4.42. The van der Waals surface area contributed by atoms with Crippen LogP contribution in [0.3, 0.4) is 0 Å². The molecule has 2 aromatic carbocycles. The molecule has 110 valence electrons. The number of ether oxygens (including phenoxy) is 1. The van der Waals surface area contributed by atoms with Crippen molar-refractivity contribution in [3.05, 3.63) is 56.5 Å². The van der Waals surface area contributed by atoms with E-state index in [1.54, 1.807) is 0 Å². The largest absolute Gasteiger partial charge is 0.492 e. The molecule has 2 aromatic rings. The number of rotatable bonds is 5. The van der Waals surface area contributed by atoms with Gasteiger partial charge in [0.15, 0.2) is 0 Å². The molecule has 0 spiro atoms. The van der Waals surface area contributed by atoms with Crippen molar-refractivity contribution in [2.45, 2.75) is 20.3 Å². The summed E-state index contributed by atoms with van der Waals surface area (Å²) < 4.78 is 7.41. The van der Waals surface area contributed by atoms with Crippen LogP contribution in [0.15, 0.2) is 50.3 Å². The van der Waals surface area contributed by atoms with Gasteiger partial charge in [0.05, 0.1) is 21.2 Å². The summed E-state index contributed by atoms with van der Waals surface area (Å²) in [6.45, 7) is 4.75. The molecule has 2 rings (SSSR count). The lowest BCUT2D eigenvalue weighted by Crippen LogP contribution is -1.94. The highest BCUT2D eigenvalue weighted by atomic mass is 79.9. The standard InChI is InChI=1S/C17H17Br2NO/c1-3-12-5-7-14(8-6-12)20-11-13-9-15(18)17(21-4-2)16(19)10-13/h5-11H,3-4H2,1-2H3. The van der Waals surface area contributed by atoms with Crippen LogP contribution in [0.4, 0.5) is 5.69 Å². The first-order chi connectivity index (χ1) is 10.1. The van der Waals surface area contributed by atoms with Gasteiger partial charge in [-0.3, -0.25) is 4.99 Å². The number of benzene rings is 2. The molecule has 0 fully saturated rings. The SMILES string of the molecule is CCOc1c(Br)cc(C=Nc2ccc(CC)cc2)cc1Br. The van der Waals surface area contributed by atoms with E-state index in [-0.39, 0.29) is 0 Å². The first-order valence-electron chi connectivity index (χ1n) is 6.89.